The molecule has 0 fully saturated rings. The van der Waals surface area contributed by atoms with Crippen LogP contribution in [-0.4, -0.2) is 42.3 Å². The lowest BCUT2D eigenvalue weighted by Gasteiger charge is -2.37. The van der Waals surface area contributed by atoms with Crippen molar-refractivity contribution in [3.63, 3.8) is 0 Å². The number of nitrogens with zero attached hydrogens (tertiary/aromatic N) is 2. The number of hydrogen-bond acceptors (Lipinski definition) is 5. The first-order chi connectivity index (χ1) is 16.2. The van der Waals surface area contributed by atoms with Gasteiger partial charge in [-0.15, -0.1) is 0 Å². The molecule has 0 unspecified atom stereocenters. The lowest BCUT2D eigenvalue weighted by molar-refractivity contribution is -0.124. The van der Waals surface area contributed by atoms with Gasteiger partial charge in [-0.3, -0.25) is 4.79 Å². The highest BCUT2D eigenvalue weighted by molar-refractivity contribution is 6.07. The molecule has 1 amide bonds. The number of anilines is 1. The van der Waals surface area contributed by atoms with Crippen LogP contribution in [0.15, 0.2) is 83.9 Å². The van der Waals surface area contributed by atoms with E-state index in [0.717, 1.165) is 28.1 Å². The van der Waals surface area contributed by atoms with Gasteiger partial charge in [-0.2, -0.15) is 0 Å². The van der Waals surface area contributed by atoms with E-state index in [-0.39, 0.29) is 19.1 Å². The summed E-state index contributed by atoms with van der Waals surface area (Å²) in [5.74, 6) is 1.16. The molecule has 2 heterocycles. The third-order valence-electron chi connectivity index (χ3n) is 6.03. The molecule has 1 spiro atoms. The van der Waals surface area contributed by atoms with E-state index in [1.807, 2.05) is 77.7 Å². The van der Waals surface area contributed by atoms with Gasteiger partial charge in [0.15, 0.2) is 5.54 Å². The highest BCUT2D eigenvalue weighted by Gasteiger charge is 2.50. The van der Waals surface area contributed by atoms with Gasteiger partial charge in [0.2, 0.25) is 5.90 Å². The number of hydrogen-bond donors (Lipinski definition) is 1. The topological polar surface area (TPSA) is 71.4 Å². The Kier molecular flexibility index (Phi) is 5.84. The van der Waals surface area contributed by atoms with Crippen molar-refractivity contribution < 1.29 is 19.4 Å². The fourth-order valence-corrected chi connectivity index (χ4v) is 4.34. The van der Waals surface area contributed by atoms with Crippen LogP contribution in [0.2, 0.25) is 0 Å². The van der Waals surface area contributed by atoms with Crippen LogP contribution in [0, 0.1) is 0 Å². The van der Waals surface area contributed by atoms with E-state index in [9.17, 15) is 4.79 Å². The van der Waals surface area contributed by atoms with Gasteiger partial charge in [0.05, 0.1) is 13.2 Å². The minimum atomic E-state index is -0.964. The molecule has 1 atom stereocenters. The number of aliphatic hydroxyl groups is 1. The Balaban J connectivity index is 1.43. The van der Waals surface area contributed by atoms with Crippen LogP contribution >= 0.6 is 0 Å². The molecule has 33 heavy (non-hydrogen) atoms. The number of ether oxygens (including phenoxy) is 2. The monoisotopic (exact) mass is 442 g/mol. The summed E-state index contributed by atoms with van der Waals surface area (Å²) in [6.45, 7) is 1.27. The Hall–Kier alpha value is -3.64. The average molecular weight is 443 g/mol. The molecular weight excluding hydrogens is 416 g/mol. The van der Waals surface area contributed by atoms with E-state index in [1.54, 1.807) is 0 Å². The van der Waals surface area contributed by atoms with Crippen molar-refractivity contribution in [2.45, 2.75) is 24.9 Å². The molecule has 0 saturated carbocycles. The molecule has 0 aromatic heterocycles. The zero-order valence-electron chi connectivity index (χ0n) is 18.3. The van der Waals surface area contributed by atoms with Gasteiger partial charge in [-0.25, -0.2) is 4.99 Å². The van der Waals surface area contributed by atoms with E-state index < -0.39 is 5.54 Å². The van der Waals surface area contributed by atoms with E-state index in [2.05, 4.69) is 6.07 Å². The van der Waals surface area contributed by atoms with E-state index >= 15 is 0 Å². The standard InChI is InChI=1S/C27H26N2O4/c30-15-6-16-32-23-13-11-21(12-14-23)25-28-27(19-33-25)17-22-9-4-5-10-24(22)29(26(27)31)18-20-7-2-1-3-8-20/h1-5,7-14,30H,6,15-19H2/t27-/m1/s1. The van der Waals surface area contributed by atoms with Crippen LogP contribution in [0.4, 0.5) is 5.69 Å². The van der Waals surface area contributed by atoms with Gasteiger partial charge in [-0.05, 0) is 41.5 Å². The zero-order valence-corrected chi connectivity index (χ0v) is 18.3. The summed E-state index contributed by atoms with van der Waals surface area (Å²) < 4.78 is 11.6. The highest BCUT2D eigenvalue weighted by atomic mass is 16.5. The summed E-state index contributed by atoms with van der Waals surface area (Å²) in [7, 11) is 0. The Morgan fingerprint density at radius 2 is 1.76 bits per heavy atom. The molecule has 6 nitrogen and oxygen atoms in total. The molecule has 3 aromatic rings. The molecule has 2 aliphatic rings. The SMILES string of the molecule is O=C1N(Cc2ccccc2)c2ccccc2C[C@@]12COC(c1ccc(OCCCO)cc1)=N2. The lowest BCUT2D eigenvalue weighted by atomic mass is 9.85. The number of carbonyl (C=O) groups excluding carboxylic acids is 1. The summed E-state index contributed by atoms with van der Waals surface area (Å²) in [5, 5.41) is 8.89. The number of aliphatic imine (C=N–C) groups is 1. The van der Waals surface area contributed by atoms with Crippen molar-refractivity contribution in [2.75, 3.05) is 24.7 Å². The van der Waals surface area contributed by atoms with Crippen LogP contribution in [0.1, 0.15) is 23.1 Å². The third-order valence-corrected chi connectivity index (χ3v) is 6.03. The first-order valence-electron chi connectivity index (χ1n) is 11.2. The largest absolute Gasteiger partial charge is 0.494 e. The quantitative estimate of drug-likeness (QED) is 0.566. The van der Waals surface area contributed by atoms with Gasteiger partial charge >= 0.3 is 0 Å². The van der Waals surface area contributed by atoms with E-state index in [1.165, 1.54) is 0 Å². The Labute approximate surface area is 193 Å². The molecule has 6 heteroatoms. The van der Waals surface area contributed by atoms with Crippen LogP contribution in [0.25, 0.3) is 0 Å². The molecular formula is C27H26N2O4. The molecule has 0 saturated heterocycles. The fraction of sp³-hybridized carbons (Fsp3) is 0.259. The van der Waals surface area contributed by atoms with Gasteiger partial charge in [-0.1, -0.05) is 48.5 Å². The first kappa shape index (κ1) is 21.2. The first-order valence-corrected chi connectivity index (χ1v) is 11.2. The number of fused-ring (bicyclic) bond motifs is 1. The second kappa shape index (κ2) is 9.08. The average Bonchev–Trinajstić information content (AvgIpc) is 3.28. The van der Waals surface area contributed by atoms with Gasteiger partial charge < -0.3 is 19.5 Å². The maximum atomic E-state index is 13.8. The molecule has 5 rings (SSSR count). The van der Waals surface area contributed by atoms with Crippen LogP contribution in [0.5, 0.6) is 5.75 Å². The van der Waals surface area contributed by atoms with Crippen molar-refractivity contribution in [2.24, 2.45) is 4.99 Å². The van der Waals surface area contributed by atoms with Crippen LogP contribution in [0.3, 0.4) is 0 Å². The molecule has 0 radical (unpaired) electrons. The maximum Gasteiger partial charge on any atom is 0.259 e. The smallest absolute Gasteiger partial charge is 0.259 e. The normalized spacial score (nSPS) is 19.2. The molecule has 3 aromatic carbocycles. The third kappa shape index (κ3) is 4.22. The summed E-state index contributed by atoms with van der Waals surface area (Å²) >= 11 is 0. The van der Waals surface area contributed by atoms with Crippen molar-refractivity contribution >= 4 is 17.5 Å². The summed E-state index contributed by atoms with van der Waals surface area (Å²) in [6, 6.07) is 25.5. The fourth-order valence-electron chi connectivity index (χ4n) is 4.34. The summed E-state index contributed by atoms with van der Waals surface area (Å²) in [4.78, 5) is 20.5. The minimum Gasteiger partial charge on any atom is -0.494 e. The van der Waals surface area contributed by atoms with Gasteiger partial charge in [0.25, 0.3) is 5.91 Å². The van der Waals surface area contributed by atoms with Crippen LogP contribution in [-0.2, 0) is 22.5 Å². The predicted octanol–water partition coefficient (Wildman–Crippen LogP) is 3.75. The maximum absolute atomic E-state index is 13.8. The predicted molar refractivity (Wildman–Crippen MR) is 127 cm³/mol. The van der Waals surface area contributed by atoms with E-state index in [0.29, 0.717) is 31.9 Å². The highest BCUT2D eigenvalue weighted by Crippen LogP contribution is 2.38. The summed E-state index contributed by atoms with van der Waals surface area (Å²) in [6.07, 6.45) is 1.10. The minimum absolute atomic E-state index is 0.0380. The van der Waals surface area contributed by atoms with Crippen molar-refractivity contribution in [1.82, 2.24) is 0 Å². The number of amides is 1. The summed E-state index contributed by atoms with van der Waals surface area (Å²) in [5.41, 5.74) is 2.94. The second-order valence-corrected chi connectivity index (χ2v) is 8.37. The Morgan fingerprint density at radius 1 is 1.00 bits per heavy atom. The zero-order chi connectivity index (χ0) is 22.7. The van der Waals surface area contributed by atoms with Gasteiger partial charge in [0, 0.05) is 30.7 Å². The number of carbonyl (C=O) groups is 1. The van der Waals surface area contributed by atoms with Crippen molar-refractivity contribution in [3.05, 3.63) is 95.6 Å². The molecule has 1 N–H and O–H groups in total. The van der Waals surface area contributed by atoms with Gasteiger partial charge in [0.1, 0.15) is 12.4 Å². The van der Waals surface area contributed by atoms with Crippen molar-refractivity contribution in [1.29, 1.82) is 0 Å². The number of aliphatic hydroxyl groups excluding tert-OH is 1. The Bertz CT molecular complexity index is 1160. The number of benzene rings is 3. The molecule has 2 aliphatic heterocycles. The van der Waals surface area contributed by atoms with E-state index in [4.69, 9.17) is 19.6 Å². The second-order valence-electron chi connectivity index (χ2n) is 8.37. The lowest BCUT2D eigenvalue weighted by Crippen LogP contribution is -2.53. The molecule has 0 bridgehead atoms. The molecule has 0 aliphatic carbocycles. The number of para-hydroxylation sites is 1. The van der Waals surface area contributed by atoms with Crippen LogP contribution < -0.4 is 9.64 Å². The Morgan fingerprint density at radius 3 is 2.55 bits per heavy atom. The number of rotatable bonds is 7. The molecule has 168 valence electrons. The van der Waals surface area contributed by atoms with Crippen molar-refractivity contribution in [3.8, 4) is 5.75 Å².